The standard InChI is InChI=1S/C15H25N5O4S/c1-5-9(2)13(14(23)24-4)17-12(22)8-25-15-19-18-11(20(15)3)7-6-10(16)21/h9,13H,5-8H2,1-4H3,(H2,16,21)(H,17,22)/t9-,13+/m1/s1. The highest BCUT2D eigenvalue weighted by molar-refractivity contribution is 7.99. The molecule has 0 fully saturated rings. The van der Waals surface area contributed by atoms with Crippen molar-refractivity contribution in [1.29, 1.82) is 0 Å². The maximum Gasteiger partial charge on any atom is 0.328 e. The summed E-state index contributed by atoms with van der Waals surface area (Å²) >= 11 is 1.20. The number of ether oxygens (including phenoxy) is 1. The molecule has 0 bridgehead atoms. The Balaban J connectivity index is 2.61. The van der Waals surface area contributed by atoms with Crippen LogP contribution >= 0.6 is 11.8 Å². The van der Waals surface area contributed by atoms with Crippen molar-refractivity contribution in [3.05, 3.63) is 5.82 Å². The number of primary amides is 1. The van der Waals surface area contributed by atoms with Crippen LogP contribution in [-0.4, -0.2) is 51.5 Å². The number of methoxy groups -OCH3 is 1. The first-order chi connectivity index (χ1) is 11.8. The number of nitrogens with one attached hydrogen (secondary N) is 1. The molecule has 0 spiro atoms. The monoisotopic (exact) mass is 371 g/mol. The number of hydrogen-bond donors (Lipinski definition) is 2. The fourth-order valence-electron chi connectivity index (χ4n) is 2.06. The molecular formula is C15H25N5O4S. The normalized spacial score (nSPS) is 13.1. The predicted molar refractivity (Wildman–Crippen MR) is 92.6 cm³/mol. The summed E-state index contributed by atoms with van der Waals surface area (Å²) in [6.45, 7) is 3.82. The third-order valence-corrected chi connectivity index (χ3v) is 4.86. The van der Waals surface area contributed by atoms with Gasteiger partial charge in [0.25, 0.3) is 0 Å². The Hall–Kier alpha value is -2.10. The molecule has 0 saturated heterocycles. The number of carbonyl (C=O) groups excluding carboxylic acids is 3. The summed E-state index contributed by atoms with van der Waals surface area (Å²) in [6, 6.07) is -0.672. The number of amides is 2. The Labute approximate surface area is 151 Å². The van der Waals surface area contributed by atoms with E-state index in [1.54, 1.807) is 11.6 Å². The third kappa shape index (κ3) is 6.37. The van der Waals surface area contributed by atoms with Crippen molar-refractivity contribution in [2.45, 2.75) is 44.3 Å². The molecule has 140 valence electrons. The van der Waals surface area contributed by atoms with Gasteiger partial charge in [-0.3, -0.25) is 9.59 Å². The maximum atomic E-state index is 12.1. The number of rotatable bonds is 10. The molecule has 9 nitrogen and oxygen atoms in total. The van der Waals surface area contributed by atoms with Crippen LogP contribution < -0.4 is 11.1 Å². The van der Waals surface area contributed by atoms with Crippen LogP contribution in [0, 0.1) is 5.92 Å². The van der Waals surface area contributed by atoms with E-state index in [1.807, 2.05) is 13.8 Å². The number of aryl methyl sites for hydroxylation is 1. The fourth-order valence-corrected chi connectivity index (χ4v) is 2.81. The largest absolute Gasteiger partial charge is 0.467 e. The molecule has 0 aliphatic rings. The molecule has 1 aromatic rings. The number of carbonyl (C=O) groups is 3. The van der Waals surface area contributed by atoms with Gasteiger partial charge >= 0.3 is 5.97 Å². The average molecular weight is 371 g/mol. The van der Waals surface area contributed by atoms with Gasteiger partial charge in [0.2, 0.25) is 11.8 Å². The quantitative estimate of drug-likeness (QED) is 0.438. The van der Waals surface area contributed by atoms with Crippen molar-refractivity contribution in [3.8, 4) is 0 Å². The van der Waals surface area contributed by atoms with Crippen LogP contribution in [0.2, 0.25) is 0 Å². The molecule has 2 atom stereocenters. The lowest BCUT2D eigenvalue weighted by atomic mass is 9.99. The zero-order valence-electron chi connectivity index (χ0n) is 14.9. The molecule has 0 aliphatic carbocycles. The Morgan fingerprint density at radius 2 is 2.04 bits per heavy atom. The van der Waals surface area contributed by atoms with Gasteiger partial charge in [-0.15, -0.1) is 10.2 Å². The lowest BCUT2D eigenvalue weighted by Crippen LogP contribution is -2.46. The van der Waals surface area contributed by atoms with E-state index in [2.05, 4.69) is 15.5 Å². The minimum Gasteiger partial charge on any atom is -0.467 e. The zero-order valence-corrected chi connectivity index (χ0v) is 15.8. The van der Waals surface area contributed by atoms with E-state index in [1.165, 1.54) is 18.9 Å². The predicted octanol–water partition coefficient (Wildman–Crippen LogP) is 0.0290. The second kappa shape index (κ2) is 10.0. The molecule has 0 unspecified atom stereocenters. The van der Waals surface area contributed by atoms with E-state index >= 15 is 0 Å². The first kappa shape index (κ1) is 20.9. The van der Waals surface area contributed by atoms with Crippen molar-refractivity contribution in [1.82, 2.24) is 20.1 Å². The fraction of sp³-hybridized carbons (Fsp3) is 0.667. The van der Waals surface area contributed by atoms with E-state index < -0.39 is 17.9 Å². The highest BCUT2D eigenvalue weighted by atomic mass is 32.2. The van der Waals surface area contributed by atoms with Gasteiger partial charge in [0.15, 0.2) is 5.16 Å². The van der Waals surface area contributed by atoms with Gasteiger partial charge in [0.05, 0.1) is 12.9 Å². The summed E-state index contributed by atoms with van der Waals surface area (Å²) < 4.78 is 6.46. The Kier molecular flexibility index (Phi) is 8.39. The number of thioether (sulfide) groups is 1. The minimum absolute atomic E-state index is 0.0309. The molecule has 0 aliphatic heterocycles. The van der Waals surface area contributed by atoms with E-state index in [0.717, 1.165) is 6.42 Å². The topological polar surface area (TPSA) is 129 Å². The average Bonchev–Trinajstić information content (AvgIpc) is 2.94. The highest BCUT2D eigenvalue weighted by Gasteiger charge is 2.26. The van der Waals surface area contributed by atoms with Crippen LogP contribution in [0.25, 0.3) is 0 Å². The number of nitrogens with zero attached hydrogens (tertiary/aromatic N) is 3. The SMILES string of the molecule is CC[C@@H](C)[C@H](NC(=O)CSc1nnc(CCC(N)=O)n1C)C(=O)OC. The minimum atomic E-state index is -0.672. The van der Waals surface area contributed by atoms with Crippen molar-refractivity contribution >= 4 is 29.5 Å². The molecule has 3 N–H and O–H groups in total. The van der Waals surface area contributed by atoms with Gasteiger partial charge in [0, 0.05) is 19.9 Å². The molecule has 1 heterocycles. The molecule has 0 aromatic carbocycles. The lowest BCUT2D eigenvalue weighted by molar-refractivity contribution is -0.146. The van der Waals surface area contributed by atoms with Crippen LogP contribution in [0.3, 0.4) is 0 Å². The molecule has 2 amide bonds. The number of nitrogens with two attached hydrogens (primary N) is 1. The summed E-state index contributed by atoms with van der Waals surface area (Å²) in [5, 5.41) is 11.2. The summed E-state index contributed by atoms with van der Waals surface area (Å²) in [4.78, 5) is 34.8. The van der Waals surface area contributed by atoms with Crippen LogP contribution in [-0.2, 0) is 32.6 Å². The van der Waals surface area contributed by atoms with E-state index in [0.29, 0.717) is 17.4 Å². The number of esters is 1. The van der Waals surface area contributed by atoms with Crippen LogP contribution in [0.4, 0.5) is 0 Å². The summed E-state index contributed by atoms with van der Waals surface area (Å²) in [5.41, 5.74) is 5.12. The Bertz CT molecular complexity index is 619. The Morgan fingerprint density at radius 1 is 1.36 bits per heavy atom. The first-order valence-electron chi connectivity index (χ1n) is 7.96. The summed E-state index contributed by atoms with van der Waals surface area (Å²) in [7, 11) is 3.05. The summed E-state index contributed by atoms with van der Waals surface area (Å²) in [5.74, 6) is -0.477. The van der Waals surface area contributed by atoms with E-state index in [9.17, 15) is 14.4 Å². The van der Waals surface area contributed by atoms with Crippen molar-refractivity contribution in [2.24, 2.45) is 18.7 Å². The van der Waals surface area contributed by atoms with E-state index in [-0.39, 0.29) is 24.0 Å². The molecule has 1 aromatic heterocycles. The smallest absolute Gasteiger partial charge is 0.328 e. The van der Waals surface area contributed by atoms with E-state index in [4.69, 9.17) is 10.5 Å². The number of aromatic nitrogens is 3. The van der Waals surface area contributed by atoms with Gasteiger partial charge in [-0.05, 0) is 5.92 Å². The Morgan fingerprint density at radius 3 is 2.60 bits per heavy atom. The summed E-state index contributed by atoms with van der Waals surface area (Å²) in [6.07, 6.45) is 1.32. The molecule has 0 radical (unpaired) electrons. The first-order valence-corrected chi connectivity index (χ1v) is 8.95. The molecule has 10 heteroatoms. The van der Waals surface area contributed by atoms with Gasteiger partial charge in [-0.1, -0.05) is 32.0 Å². The van der Waals surface area contributed by atoms with Gasteiger partial charge < -0.3 is 20.4 Å². The molecule has 25 heavy (non-hydrogen) atoms. The van der Waals surface area contributed by atoms with Crippen LogP contribution in [0.5, 0.6) is 0 Å². The van der Waals surface area contributed by atoms with Gasteiger partial charge in [0.1, 0.15) is 11.9 Å². The van der Waals surface area contributed by atoms with Crippen molar-refractivity contribution < 1.29 is 19.1 Å². The molecule has 0 saturated carbocycles. The lowest BCUT2D eigenvalue weighted by Gasteiger charge is -2.21. The third-order valence-electron chi connectivity index (χ3n) is 3.84. The zero-order chi connectivity index (χ0) is 19.0. The molecule has 1 rings (SSSR count). The maximum absolute atomic E-state index is 12.1. The van der Waals surface area contributed by atoms with Crippen molar-refractivity contribution in [2.75, 3.05) is 12.9 Å². The van der Waals surface area contributed by atoms with Crippen molar-refractivity contribution in [3.63, 3.8) is 0 Å². The highest BCUT2D eigenvalue weighted by Crippen LogP contribution is 2.16. The number of hydrogen-bond acceptors (Lipinski definition) is 7. The van der Waals surface area contributed by atoms with Crippen LogP contribution in [0.15, 0.2) is 5.16 Å². The second-order valence-electron chi connectivity index (χ2n) is 5.67. The second-order valence-corrected chi connectivity index (χ2v) is 6.61. The molecular weight excluding hydrogens is 346 g/mol. The van der Waals surface area contributed by atoms with Crippen LogP contribution in [0.1, 0.15) is 32.5 Å². The van der Waals surface area contributed by atoms with Gasteiger partial charge in [-0.25, -0.2) is 4.79 Å². The van der Waals surface area contributed by atoms with Gasteiger partial charge in [-0.2, -0.15) is 0 Å².